The molecule has 128 valence electrons. The number of pyridine rings is 1. The minimum Gasteiger partial charge on any atom is -0.494 e. The Bertz CT molecular complexity index is 574. The van der Waals surface area contributed by atoms with Crippen molar-refractivity contribution in [3.8, 4) is 0 Å². The lowest BCUT2D eigenvalue weighted by Gasteiger charge is -2.18. The van der Waals surface area contributed by atoms with Crippen LogP contribution in [0.1, 0.15) is 37.6 Å². The van der Waals surface area contributed by atoms with Gasteiger partial charge in [0.15, 0.2) is 0 Å². The molecule has 0 fully saturated rings. The van der Waals surface area contributed by atoms with Gasteiger partial charge in [0.05, 0.1) is 12.3 Å². The third kappa shape index (κ3) is 6.13. The molecule has 0 spiro atoms. The van der Waals surface area contributed by atoms with E-state index in [9.17, 15) is 13.2 Å². The number of nitrogens with one attached hydrogen (secondary N) is 2. The summed E-state index contributed by atoms with van der Waals surface area (Å²) in [5.74, 6) is 0.339. The number of alkyl halides is 3. The summed E-state index contributed by atoms with van der Waals surface area (Å²) in [6.07, 6.45) is 1.10. The summed E-state index contributed by atoms with van der Waals surface area (Å²) in [5, 5.41) is 10.6. The molecule has 0 amide bonds. The molecular formula is C15H20F3N3OS. The highest BCUT2D eigenvalue weighted by Crippen LogP contribution is 2.34. The predicted octanol–water partition coefficient (Wildman–Crippen LogP) is 4.66. The molecule has 0 saturated heterocycles. The molecule has 1 aromatic rings. The van der Waals surface area contributed by atoms with E-state index in [0.29, 0.717) is 29.3 Å². The van der Waals surface area contributed by atoms with Crippen molar-refractivity contribution < 1.29 is 17.9 Å². The maximum atomic E-state index is 12.4. The topological polar surface area (TPSA) is 58.0 Å². The van der Waals surface area contributed by atoms with Gasteiger partial charge in [0, 0.05) is 29.1 Å². The normalized spacial score (nSPS) is 11.4. The van der Waals surface area contributed by atoms with Crippen LogP contribution in [0.3, 0.4) is 0 Å². The van der Waals surface area contributed by atoms with Gasteiger partial charge in [0.25, 0.3) is 0 Å². The number of halogens is 3. The van der Waals surface area contributed by atoms with Crippen LogP contribution in [0.4, 0.5) is 19.0 Å². The molecule has 2 N–H and O–H groups in total. The van der Waals surface area contributed by atoms with Crippen LogP contribution in [0.25, 0.3) is 5.76 Å². The molecule has 0 aliphatic carbocycles. The van der Waals surface area contributed by atoms with Crippen LogP contribution in [0.5, 0.6) is 0 Å². The summed E-state index contributed by atoms with van der Waals surface area (Å²) in [5.41, 5.74) is -3.17. The Kier molecular flexibility index (Phi) is 6.93. The lowest BCUT2D eigenvalue weighted by Crippen LogP contribution is -2.15. The van der Waals surface area contributed by atoms with Crippen LogP contribution in [0.15, 0.2) is 12.6 Å². The maximum absolute atomic E-state index is 12.4. The summed E-state index contributed by atoms with van der Waals surface area (Å²) in [7, 11) is 0. The second-order valence-corrected chi connectivity index (χ2v) is 6.00. The first-order valence-electron chi connectivity index (χ1n) is 7.01. The van der Waals surface area contributed by atoms with Gasteiger partial charge in [-0.15, -0.1) is 0 Å². The summed E-state index contributed by atoms with van der Waals surface area (Å²) in [6.45, 7) is 9.70. The number of aromatic nitrogens is 1. The monoisotopic (exact) mass is 347 g/mol. The zero-order valence-corrected chi connectivity index (χ0v) is 14.1. The molecule has 4 nitrogen and oxygen atoms in total. The number of anilines is 1. The Labute approximate surface area is 138 Å². The van der Waals surface area contributed by atoms with Crippen molar-refractivity contribution in [3.63, 3.8) is 0 Å². The lowest BCUT2D eigenvalue weighted by molar-refractivity contribution is -0.0329. The fourth-order valence-electron chi connectivity index (χ4n) is 1.85. The molecule has 0 unspecified atom stereocenters. The first kappa shape index (κ1) is 19.3. The van der Waals surface area contributed by atoms with Gasteiger partial charge in [0.1, 0.15) is 11.6 Å². The number of rotatable bonds is 8. The Morgan fingerprint density at radius 2 is 2.17 bits per heavy atom. The van der Waals surface area contributed by atoms with Gasteiger partial charge in [-0.05, 0) is 38.6 Å². The highest BCUT2D eigenvalue weighted by Gasteiger charge is 2.28. The Balaban J connectivity index is 3.28. The van der Waals surface area contributed by atoms with Crippen LogP contribution in [-0.4, -0.2) is 29.4 Å². The van der Waals surface area contributed by atoms with Crippen molar-refractivity contribution in [1.82, 2.24) is 4.98 Å². The van der Waals surface area contributed by atoms with E-state index in [1.54, 1.807) is 6.92 Å². The number of ether oxygens (including phenoxy) is 1. The molecule has 0 radical (unpaired) electrons. The van der Waals surface area contributed by atoms with Crippen LogP contribution in [0, 0.1) is 5.41 Å². The summed E-state index contributed by atoms with van der Waals surface area (Å²) < 4.78 is 42.6. The number of hydrogen-bond acceptors (Lipinski definition) is 5. The lowest BCUT2D eigenvalue weighted by atomic mass is 10.1. The van der Waals surface area contributed by atoms with Gasteiger partial charge in [-0.2, -0.15) is 13.2 Å². The zero-order chi connectivity index (χ0) is 17.6. The largest absolute Gasteiger partial charge is 0.494 e. The SMILES string of the molecule is C=C(OCC)c1cc(CSC(F)(F)F)nc(NC(C)C)c1C=N. The Morgan fingerprint density at radius 3 is 2.65 bits per heavy atom. The molecule has 1 aromatic heterocycles. The van der Waals surface area contributed by atoms with Gasteiger partial charge in [-0.25, -0.2) is 4.98 Å². The summed E-state index contributed by atoms with van der Waals surface area (Å²) in [4.78, 5) is 4.21. The smallest absolute Gasteiger partial charge is 0.442 e. The quantitative estimate of drug-likeness (QED) is 0.530. The van der Waals surface area contributed by atoms with Gasteiger partial charge in [0.2, 0.25) is 0 Å². The molecule has 1 heterocycles. The van der Waals surface area contributed by atoms with Crippen molar-refractivity contribution >= 4 is 29.6 Å². The van der Waals surface area contributed by atoms with E-state index in [-0.39, 0.29) is 29.3 Å². The van der Waals surface area contributed by atoms with E-state index >= 15 is 0 Å². The predicted molar refractivity (Wildman–Crippen MR) is 88.9 cm³/mol. The van der Waals surface area contributed by atoms with Crippen molar-refractivity contribution in [2.75, 3.05) is 11.9 Å². The third-order valence-electron chi connectivity index (χ3n) is 2.68. The highest BCUT2D eigenvalue weighted by atomic mass is 32.2. The van der Waals surface area contributed by atoms with Crippen molar-refractivity contribution in [1.29, 1.82) is 5.41 Å². The average Bonchev–Trinajstić information content (AvgIpc) is 2.43. The molecule has 8 heteroatoms. The summed E-state index contributed by atoms with van der Waals surface area (Å²) >= 11 is -0.156. The average molecular weight is 347 g/mol. The first-order valence-corrected chi connectivity index (χ1v) is 8.00. The van der Waals surface area contributed by atoms with E-state index < -0.39 is 5.51 Å². The summed E-state index contributed by atoms with van der Waals surface area (Å²) in [6, 6.07) is 1.50. The van der Waals surface area contributed by atoms with Gasteiger partial charge in [-0.3, -0.25) is 0 Å². The van der Waals surface area contributed by atoms with E-state index in [4.69, 9.17) is 10.1 Å². The van der Waals surface area contributed by atoms with Crippen molar-refractivity contribution in [3.05, 3.63) is 29.5 Å². The standard InChI is InChI=1S/C15H20F3N3OS/c1-5-22-10(4)12-6-11(8-23-15(16,17)18)21-14(13(12)7-19)20-9(2)3/h6-7,9,19H,4-5,8H2,1-3H3,(H,20,21). The van der Waals surface area contributed by atoms with Crippen LogP contribution in [-0.2, 0) is 10.5 Å². The van der Waals surface area contributed by atoms with Gasteiger partial charge >= 0.3 is 5.51 Å². The molecular weight excluding hydrogens is 327 g/mol. The zero-order valence-electron chi connectivity index (χ0n) is 13.3. The van der Waals surface area contributed by atoms with Gasteiger partial charge < -0.3 is 15.5 Å². The van der Waals surface area contributed by atoms with Gasteiger partial charge in [-0.1, -0.05) is 6.58 Å². The minimum atomic E-state index is -4.33. The molecule has 0 aliphatic heterocycles. The Morgan fingerprint density at radius 1 is 1.52 bits per heavy atom. The fourth-order valence-corrected chi connectivity index (χ4v) is 2.31. The maximum Gasteiger partial charge on any atom is 0.442 e. The minimum absolute atomic E-state index is 0.0138. The molecule has 0 saturated carbocycles. The van der Waals surface area contributed by atoms with E-state index in [1.165, 1.54) is 6.07 Å². The third-order valence-corrected chi connectivity index (χ3v) is 3.45. The van der Waals surface area contributed by atoms with Crippen molar-refractivity contribution in [2.24, 2.45) is 0 Å². The number of thioether (sulfide) groups is 1. The van der Waals surface area contributed by atoms with Crippen molar-refractivity contribution in [2.45, 2.75) is 38.1 Å². The van der Waals surface area contributed by atoms with E-state index in [1.807, 2.05) is 13.8 Å². The molecule has 0 atom stereocenters. The molecule has 0 aliphatic rings. The van der Waals surface area contributed by atoms with E-state index in [0.717, 1.165) is 6.21 Å². The molecule has 23 heavy (non-hydrogen) atoms. The van der Waals surface area contributed by atoms with E-state index in [2.05, 4.69) is 16.9 Å². The van der Waals surface area contributed by atoms with Crippen LogP contribution < -0.4 is 5.32 Å². The number of hydrogen-bond donors (Lipinski definition) is 2. The first-order chi connectivity index (χ1) is 10.7. The molecule has 0 bridgehead atoms. The van der Waals surface area contributed by atoms with Crippen LogP contribution >= 0.6 is 11.8 Å². The second kappa shape index (κ2) is 8.24. The molecule has 0 aromatic carbocycles. The van der Waals surface area contributed by atoms with Crippen LogP contribution in [0.2, 0.25) is 0 Å². The highest BCUT2D eigenvalue weighted by molar-refractivity contribution is 7.99. The Hall–Kier alpha value is -1.70. The fraction of sp³-hybridized carbons (Fsp3) is 0.467. The molecule has 1 rings (SSSR count). The second-order valence-electron chi connectivity index (χ2n) is 4.96. The number of nitrogens with zero attached hydrogens (tertiary/aromatic N) is 1.